The number of anilines is 1. The van der Waals surface area contributed by atoms with Crippen molar-refractivity contribution in [3.05, 3.63) is 10.6 Å². The maximum Gasteiger partial charge on any atom is 0.185 e. The number of nitrogens with zero attached hydrogens (tertiary/aromatic N) is 2. The Balaban J connectivity index is 1.79. The molecule has 3 nitrogen and oxygen atoms in total. The van der Waals surface area contributed by atoms with Crippen LogP contribution in [0, 0.1) is 11.8 Å². The second-order valence-electron chi connectivity index (χ2n) is 7.72. The molecule has 0 aromatic carbocycles. The van der Waals surface area contributed by atoms with Crippen LogP contribution >= 0.6 is 11.3 Å². The largest absolute Gasteiger partial charge is 0.391 e. The highest BCUT2D eigenvalue weighted by atomic mass is 32.1. The Kier molecular flexibility index (Phi) is 4.28. The zero-order valence-corrected chi connectivity index (χ0v) is 14.4. The van der Waals surface area contributed by atoms with Gasteiger partial charge in [0, 0.05) is 18.5 Å². The molecular weight excluding hydrogens is 280 g/mol. The summed E-state index contributed by atoms with van der Waals surface area (Å²) >= 11 is 1.70. The van der Waals surface area contributed by atoms with Crippen LogP contribution in [0.3, 0.4) is 0 Å². The van der Waals surface area contributed by atoms with Crippen molar-refractivity contribution in [2.24, 2.45) is 11.8 Å². The molecule has 0 spiro atoms. The van der Waals surface area contributed by atoms with Gasteiger partial charge in [-0.1, -0.05) is 51.4 Å². The predicted octanol–water partition coefficient (Wildman–Crippen LogP) is 3.95. The van der Waals surface area contributed by atoms with Crippen LogP contribution in [0.25, 0.3) is 0 Å². The Labute approximate surface area is 132 Å². The van der Waals surface area contributed by atoms with Crippen LogP contribution in [0.1, 0.15) is 63.4 Å². The van der Waals surface area contributed by atoms with Crippen molar-refractivity contribution in [3.63, 3.8) is 0 Å². The number of rotatable bonds is 2. The molecule has 1 saturated carbocycles. The van der Waals surface area contributed by atoms with Gasteiger partial charge in [-0.25, -0.2) is 4.98 Å². The number of aliphatic hydroxyl groups excluding tert-OH is 1. The van der Waals surface area contributed by atoms with Crippen molar-refractivity contribution in [1.29, 1.82) is 0 Å². The fourth-order valence-electron chi connectivity index (χ4n) is 3.94. The van der Waals surface area contributed by atoms with E-state index in [0.29, 0.717) is 0 Å². The lowest BCUT2D eigenvalue weighted by Crippen LogP contribution is -2.41. The summed E-state index contributed by atoms with van der Waals surface area (Å²) in [5.41, 5.74) is 1.09. The van der Waals surface area contributed by atoms with E-state index in [0.717, 1.165) is 34.1 Å². The molecule has 1 aromatic rings. The van der Waals surface area contributed by atoms with Crippen LogP contribution in [0.2, 0.25) is 0 Å². The van der Waals surface area contributed by atoms with Gasteiger partial charge in [0.25, 0.3) is 0 Å². The summed E-state index contributed by atoms with van der Waals surface area (Å²) in [5.74, 6) is 1.82. The summed E-state index contributed by atoms with van der Waals surface area (Å²) in [7, 11) is 0. The van der Waals surface area contributed by atoms with E-state index < -0.39 is 0 Å². The lowest BCUT2D eigenvalue weighted by Gasteiger charge is -2.41. The van der Waals surface area contributed by atoms with E-state index in [1.165, 1.54) is 38.6 Å². The first kappa shape index (κ1) is 15.3. The van der Waals surface area contributed by atoms with Crippen LogP contribution in [0.5, 0.6) is 0 Å². The molecule has 2 fully saturated rings. The minimum Gasteiger partial charge on any atom is -0.391 e. The summed E-state index contributed by atoms with van der Waals surface area (Å²) in [5, 5.41) is 10.8. The van der Waals surface area contributed by atoms with Crippen LogP contribution in [-0.4, -0.2) is 23.2 Å². The van der Waals surface area contributed by atoms with E-state index in [-0.39, 0.29) is 12.0 Å². The first-order valence-corrected chi connectivity index (χ1v) is 9.16. The number of aromatic nitrogens is 1. The smallest absolute Gasteiger partial charge is 0.185 e. The summed E-state index contributed by atoms with van der Waals surface area (Å²) in [6, 6.07) is 0. The van der Waals surface area contributed by atoms with E-state index in [1.54, 1.807) is 11.3 Å². The number of hydrogen-bond acceptors (Lipinski definition) is 4. The Hall–Kier alpha value is -0.610. The number of hydrogen-bond donors (Lipinski definition) is 1. The predicted molar refractivity (Wildman–Crippen MR) is 89.0 cm³/mol. The molecule has 1 aliphatic heterocycles. The third-order valence-corrected chi connectivity index (χ3v) is 6.20. The lowest BCUT2D eigenvalue weighted by molar-refractivity contribution is 0.202. The van der Waals surface area contributed by atoms with Gasteiger partial charge in [-0.15, -0.1) is 0 Å². The highest BCUT2D eigenvalue weighted by molar-refractivity contribution is 7.15. The number of thiazole rings is 1. The van der Waals surface area contributed by atoms with Gasteiger partial charge in [-0.05, 0) is 24.7 Å². The first-order valence-electron chi connectivity index (χ1n) is 8.35. The second kappa shape index (κ2) is 5.88. The molecule has 1 aromatic heterocycles. The van der Waals surface area contributed by atoms with Gasteiger partial charge in [0.15, 0.2) is 5.13 Å². The Morgan fingerprint density at radius 2 is 1.90 bits per heavy atom. The summed E-state index contributed by atoms with van der Waals surface area (Å²) in [6.07, 6.45) is 6.99. The number of piperidine rings is 1. The van der Waals surface area contributed by atoms with E-state index in [4.69, 9.17) is 4.98 Å². The molecule has 2 unspecified atom stereocenters. The molecule has 4 heteroatoms. The zero-order chi connectivity index (χ0) is 15.0. The van der Waals surface area contributed by atoms with Crippen molar-refractivity contribution in [1.82, 2.24) is 4.98 Å². The van der Waals surface area contributed by atoms with E-state index >= 15 is 0 Å². The monoisotopic (exact) mass is 308 g/mol. The fraction of sp³-hybridized carbons (Fsp3) is 0.824. The zero-order valence-electron chi connectivity index (χ0n) is 13.6. The van der Waals surface area contributed by atoms with Crippen LogP contribution in [0.15, 0.2) is 0 Å². The third-order valence-electron chi connectivity index (χ3n) is 5.10. The van der Waals surface area contributed by atoms with Crippen molar-refractivity contribution in [2.45, 2.75) is 64.9 Å². The van der Waals surface area contributed by atoms with Gasteiger partial charge >= 0.3 is 0 Å². The van der Waals surface area contributed by atoms with Crippen molar-refractivity contribution in [3.8, 4) is 0 Å². The van der Waals surface area contributed by atoms with Crippen molar-refractivity contribution >= 4 is 16.5 Å². The molecule has 1 aliphatic carbocycles. The molecule has 118 valence electrons. The second-order valence-corrected chi connectivity index (χ2v) is 8.78. The molecule has 2 atom stereocenters. The summed E-state index contributed by atoms with van der Waals surface area (Å²) in [6.45, 7) is 8.97. The summed E-state index contributed by atoms with van der Waals surface area (Å²) < 4.78 is 0. The molecule has 0 bridgehead atoms. The molecule has 0 radical (unpaired) electrons. The van der Waals surface area contributed by atoms with Crippen molar-refractivity contribution < 1.29 is 5.11 Å². The maximum absolute atomic E-state index is 9.63. The standard InChI is InChI=1S/C17H28N2OS/c1-17(2,3)15-14(11-20)21-16(18-15)19-9-8-12-6-4-5-7-13(12)10-19/h12-13,20H,4-11H2,1-3H3. The highest BCUT2D eigenvalue weighted by Gasteiger charge is 2.33. The Morgan fingerprint density at radius 1 is 1.19 bits per heavy atom. The van der Waals surface area contributed by atoms with E-state index in [9.17, 15) is 5.11 Å². The van der Waals surface area contributed by atoms with Crippen LogP contribution in [-0.2, 0) is 12.0 Å². The van der Waals surface area contributed by atoms with Crippen LogP contribution in [0.4, 0.5) is 5.13 Å². The van der Waals surface area contributed by atoms with Gasteiger partial charge in [-0.2, -0.15) is 0 Å². The SMILES string of the molecule is CC(C)(C)c1nc(N2CCC3CCCCC3C2)sc1CO. The van der Waals surface area contributed by atoms with Gasteiger partial charge in [0.1, 0.15) is 0 Å². The molecule has 2 aliphatic rings. The third kappa shape index (κ3) is 3.11. The van der Waals surface area contributed by atoms with Gasteiger partial charge < -0.3 is 10.0 Å². The minimum atomic E-state index is 0.00989. The topological polar surface area (TPSA) is 36.4 Å². The molecule has 3 rings (SSSR count). The molecule has 1 saturated heterocycles. The average Bonchev–Trinajstić information content (AvgIpc) is 2.91. The van der Waals surface area contributed by atoms with E-state index in [2.05, 4.69) is 25.7 Å². The maximum atomic E-state index is 9.63. The minimum absolute atomic E-state index is 0.00989. The number of aliphatic hydroxyl groups is 1. The normalized spacial score (nSPS) is 26.8. The lowest BCUT2D eigenvalue weighted by atomic mass is 9.75. The van der Waals surface area contributed by atoms with E-state index in [1.807, 2.05) is 0 Å². The van der Waals surface area contributed by atoms with Crippen LogP contribution < -0.4 is 4.90 Å². The van der Waals surface area contributed by atoms with Gasteiger partial charge in [-0.3, -0.25) is 0 Å². The molecule has 2 heterocycles. The Morgan fingerprint density at radius 3 is 2.52 bits per heavy atom. The van der Waals surface area contributed by atoms with Crippen molar-refractivity contribution in [2.75, 3.05) is 18.0 Å². The Bertz CT molecular complexity index is 491. The highest BCUT2D eigenvalue weighted by Crippen LogP contribution is 2.40. The quantitative estimate of drug-likeness (QED) is 0.898. The summed E-state index contributed by atoms with van der Waals surface area (Å²) in [4.78, 5) is 8.42. The molecule has 1 N–H and O–H groups in total. The number of fused-ring (bicyclic) bond motifs is 1. The fourth-order valence-corrected chi connectivity index (χ4v) is 5.11. The van der Waals surface area contributed by atoms with Gasteiger partial charge in [0.2, 0.25) is 0 Å². The molecule has 0 amide bonds. The average molecular weight is 308 g/mol. The molecular formula is C17H28N2OS. The van der Waals surface area contributed by atoms with Gasteiger partial charge in [0.05, 0.1) is 17.2 Å². The first-order chi connectivity index (χ1) is 9.99. The molecule has 21 heavy (non-hydrogen) atoms.